The highest BCUT2D eigenvalue weighted by Crippen LogP contribution is 2.21. The molecule has 58 valence electrons. The fraction of sp³-hybridized carbons (Fsp3) is 0. The van der Waals surface area contributed by atoms with E-state index in [0.717, 1.165) is 0 Å². The van der Waals surface area contributed by atoms with Crippen molar-refractivity contribution in [1.29, 1.82) is 5.41 Å². The quantitative estimate of drug-likeness (QED) is 0.522. The summed E-state index contributed by atoms with van der Waals surface area (Å²) in [6.45, 7) is 0. The standard InChI is InChI=1S/C6H5Cl2N3/c7-3-1-11-2-4(8)5(3)6(9)10/h1-2H,(H3,9,10). The van der Waals surface area contributed by atoms with Crippen LogP contribution in [-0.4, -0.2) is 10.8 Å². The van der Waals surface area contributed by atoms with Gasteiger partial charge in [0.2, 0.25) is 0 Å². The van der Waals surface area contributed by atoms with Crippen molar-refractivity contribution < 1.29 is 0 Å². The normalized spacial score (nSPS) is 9.64. The van der Waals surface area contributed by atoms with Gasteiger partial charge in [0.25, 0.3) is 0 Å². The number of hydrogen-bond donors (Lipinski definition) is 2. The molecule has 0 saturated heterocycles. The molecule has 0 bridgehead atoms. The molecule has 0 radical (unpaired) electrons. The van der Waals surface area contributed by atoms with E-state index in [4.69, 9.17) is 34.3 Å². The number of hydrogen-bond acceptors (Lipinski definition) is 2. The number of nitrogen functional groups attached to an aromatic ring is 1. The molecule has 1 aromatic rings. The molecule has 0 saturated carbocycles. The van der Waals surface area contributed by atoms with Gasteiger partial charge in [-0.25, -0.2) is 0 Å². The summed E-state index contributed by atoms with van der Waals surface area (Å²) in [5, 5.41) is 7.69. The molecule has 0 aromatic carbocycles. The Morgan fingerprint density at radius 1 is 1.36 bits per heavy atom. The van der Waals surface area contributed by atoms with Crippen molar-refractivity contribution in [2.24, 2.45) is 5.73 Å². The lowest BCUT2D eigenvalue weighted by Gasteiger charge is -2.01. The third-order valence-electron chi connectivity index (χ3n) is 1.12. The second-order valence-electron chi connectivity index (χ2n) is 1.89. The first-order valence-corrected chi connectivity index (χ1v) is 3.52. The molecule has 1 aromatic heterocycles. The first kappa shape index (κ1) is 8.30. The summed E-state index contributed by atoms with van der Waals surface area (Å²) in [7, 11) is 0. The maximum absolute atomic E-state index is 7.10. The topological polar surface area (TPSA) is 62.8 Å². The zero-order valence-electron chi connectivity index (χ0n) is 5.44. The third-order valence-corrected chi connectivity index (χ3v) is 1.70. The Labute approximate surface area is 73.6 Å². The van der Waals surface area contributed by atoms with Gasteiger partial charge in [0, 0.05) is 12.4 Å². The third kappa shape index (κ3) is 1.61. The fourth-order valence-corrected chi connectivity index (χ4v) is 1.24. The monoisotopic (exact) mass is 189 g/mol. The van der Waals surface area contributed by atoms with Crippen LogP contribution < -0.4 is 5.73 Å². The van der Waals surface area contributed by atoms with E-state index < -0.39 is 0 Å². The summed E-state index contributed by atoms with van der Waals surface area (Å²) in [6.07, 6.45) is 2.79. The minimum absolute atomic E-state index is 0.151. The van der Waals surface area contributed by atoms with Crippen LogP contribution in [0.15, 0.2) is 12.4 Å². The van der Waals surface area contributed by atoms with E-state index >= 15 is 0 Å². The fourth-order valence-electron chi connectivity index (χ4n) is 0.669. The maximum atomic E-state index is 7.10. The molecule has 0 unspecified atom stereocenters. The molecule has 0 aliphatic heterocycles. The average Bonchev–Trinajstić information content (AvgIpc) is 1.85. The van der Waals surface area contributed by atoms with Crippen LogP contribution in [-0.2, 0) is 0 Å². The van der Waals surface area contributed by atoms with Gasteiger partial charge in [-0.3, -0.25) is 10.4 Å². The van der Waals surface area contributed by atoms with Crippen molar-refractivity contribution in [3.05, 3.63) is 28.0 Å². The average molecular weight is 190 g/mol. The highest BCUT2D eigenvalue weighted by atomic mass is 35.5. The highest BCUT2D eigenvalue weighted by molar-refractivity contribution is 6.39. The van der Waals surface area contributed by atoms with Crippen LogP contribution in [0, 0.1) is 5.41 Å². The lowest BCUT2D eigenvalue weighted by molar-refractivity contribution is 1.30. The first-order chi connectivity index (χ1) is 5.13. The van der Waals surface area contributed by atoms with Crippen molar-refractivity contribution in [3.8, 4) is 0 Å². The van der Waals surface area contributed by atoms with E-state index in [1.54, 1.807) is 0 Å². The van der Waals surface area contributed by atoms with E-state index in [1.807, 2.05) is 0 Å². The highest BCUT2D eigenvalue weighted by Gasteiger charge is 2.07. The minimum atomic E-state index is -0.151. The van der Waals surface area contributed by atoms with Crippen molar-refractivity contribution in [1.82, 2.24) is 4.98 Å². The Bertz CT molecular complexity index is 278. The number of nitrogens with one attached hydrogen (secondary N) is 1. The number of nitrogens with two attached hydrogens (primary N) is 1. The minimum Gasteiger partial charge on any atom is -0.384 e. The Hall–Kier alpha value is -0.800. The zero-order valence-corrected chi connectivity index (χ0v) is 6.95. The Balaban J connectivity index is 3.32. The van der Waals surface area contributed by atoms with Crippen molar-refractivity contribution in [2.45, 2.75) is 0 Å². The van der Waals surface area contributed by atoms with Gasteiger partial charge in [-0.05, 0) is 0 Å². The first-order valence-electron chi connectivity index (χ1n) is 2.76. The summed E-state index contributed by atoms with van der Waals surface area (Å²) >= 11 is 11.3. The van der Waals surface area contributed by atoms with Gasteiger partial charge in [-0.1, -0.05) is 23.2 Å². The number of halogens is 2. The molecule has 1 rings (SSSR count). The van der Waals surface area contributed by atoms with Crippen LogP contribution in [0.5, 0.6) is 0 Å². The molecule has 0 fully saturated rings. The Morgan fingerprint density at radius 2 is 1.82 bits per heavy atom. The van der Waals surface area contributed by atoms with Crippen LogP contribution in [0.1, 0.15) is 5.56 Å². The summed E-state index contributed by atoms with van der Waals surface area (Å²) in [5.41, 5.74) is 5.54. The van der Waals surface area contributed by atoms with Gasteiger partial charge in [0.05, 0.1) is 15.6 Å². The number of aromatic nitrogens is 1. The number of pyridine rings is 1. The Kier molecular flexibility index (Phi) is 2.31. The largest absolute Gasteiger partial charge is 0.384 e. The van der Waals surface area contributed by atoms with E-state index in [9.17, 15) is 0 Å². The molecule has 0 aliphatic rings. The Morgan fingerprint density at radius 3 is 2.09 bits per heavy atom. The van der Waals surface area contributed by atoms with Gasteiger partial charge in [-0.15, -0.1) is 0 Å². The molecular formula is C6H5Cl2N3. The smallest absolute Gasteiger partial charge is 0.125 e. The maximum Gasteiger partial charge on any atom is 0.125 e. The predicted octanol–water partition coefficient (Wildman–Crippen LogP) is 1.67. The van der Waals surface area contributed by atoms with Crippen LogP contribution >= 0.6 is 23.2 Å². The number of amidine groups is 1. The summed E-state index contributed by atoms with van der Waals surface area (Å²) in [4.78, 5) is 3.71. The van der Waals surface area contributed by atoms with Gasteiger partial charge in [-0.2, -0.15) is 0 Å². The van der Waals surface area contributed by atoms with Gasteiger partial charge >= 0.3 is 0 Å². The molecule has 0 aliphatic carbocycles. The molecule has 0 amide bonds. The molecule has 11 heavy (non-hydrogen) atoms. The zero-order chi connectivity index (χ0) is 8.43. The van der Waals surface area contributed by atoms with Crippen LogP contribution in [0.25, 0.3) is 0 Å². The van der Waals surface area contributed by atoms with Gasteiger partial charge in [0.15, 0.2) is 0 Å². The van der Waals surface area contributed by atoms with E-state index in [-0.39, 0.29) is 5.84 Å². The predicted molar refractivity (Wildman–Crippen MR) is 45.3 cm³/mol. The molecule has 0 spiro atoms. The number of nitrogens with zero attached hydrogens (tertiary/aromatic N) is 1. The van der Waals surface area contributed by atoms with Crippen molar-refractivity contribution in [2.75, 3.05) is 0 Å². The van der Waals surface area contributed by atoms with Crippen LogP contribution in [0.3, 0.4) is 0 Å². The number of rotatable bonds is 1. The lowest BCUT2D eigenvalue weighted by atomic mass is 10.2. The molecule has 5 heteroatoms. The van der Waals surface area contributed by atoms with E-state index in [0.29, 0.717) is 15.6 Å². The molecule has 3 N–H and O–H groups in total. The van der Waals surface area contributed by atoms with Crippen molar-refractivity contribution in [3.63, 3.8) is 0 Å². The van der Waals surface area contributed by atoms with Crippen LogP contribution in [0.4, 0.5) is 0 Å². The van der Waals surface area contributed by atoms with E-state index in [1.165, 1.54) is 12.4 Å². The van der Waals surface area contributed by atoms with E-state index in [2.05, 4.69) is 4.98 Å². The summed E-state index contributed by atoms with van der Waals surface area (Å²) < 4.78 is 0. The summed E-state index contributed by atoms with van der Waals surface area (Å²) in [6, 6.07) is 0. The van der Waals surface area contributed by atoms with Gasteiger partial charge < -0.3 is 5.73 Å². The SMILES string of the molecule is N=C(N)c1c(Cl)cncc1Cl. The summed E-state index contributed by atoms with van der Waals surface area (Å²) in [5.74, 6) is -0.151. The second kappa shape index (κ2) is 3.07. The second-order valence-corrected chi connectivity index (χ2v) is 2.71. The molecular weight excluding hydrogens is 185 g/mol. The lowest BCUT2D eigenvalue weighted by Crippen LogP contribution is -2.12. The molecule has 3 nitrogen and oxygen atoms in total. The molecule has 1 heterocycles. The molecule has 0 atom stereocenters. The van der Waals surface area contributed by atoms with Crippen molar-refractivity contribution >= 4 is 29.0 Å². The van der Waals surface area contributed by atoms with Gasteiger partial charge in [0.1, 0.15) is 5.84 Å². The van der Waals surface area contributed by atoms with Crippen LogP contribution in [0.2, 0.25) is 10.0 Å².